The highest BCUT2D eigenvalue weighted by Crippen LogP contribution is 2.46. The first-order chi connectivity index (χ1) is 12.5. The second-order valence-electron chi connectivity index (χ2n) is 6.35. The molecule has 0 bridgehead atoms. The highest BCUT2D eigenvalue weighted by atomic mass is 79.9. The Hall–Kier alpha value is -2.51. The third-order valence-corrected chi connectivity index (χ3v) is 5.53. The first kappa shape index (κ1) is 15.7. The zero-order valence-electron chi connectivity index (χ0n) is 13.4. The molecule has 1 fully saturated rings. The van der Waals surface area contributed by atoms with Crippen LogP contribution in [0.25, 0.3) is 10.9 Å². The van der Waals surface area contributed by atoms with Gasteiger partial charge in [0.05, 0.1) is 17.7 Å². The first-order valence-corrected chi connectivity index (χ1v) is 8.89. The fourth-order valence-electron chi connectivity index (χ4n) is 3.91. The van der Waals surface area contributed by atoms with Crippen LogP contribution in [0.2, 0.25) is 0 Å². The maximum atomic E-state index is 13.7. The number of nitrogens with zero attached hydrogens (tertiary/aromatic N) is 1. The Kier molecular flexibility index (Phi) is 3.17. The van der Waals surface area contributed by atoms with Gasteiger partial charge in [-0.1, -0.05) is 28.1 Å². The molecule has 0 saturated carbocycles. The Balaban J connectivity index is 1.89. The Morgan fingerprint density at radius 3 is 2.69 bits per heavy atom. The van der Waals surface area contributed by atoms with Crippen LogP contribution in [0, 0.1) is 5.82 Å². The molecule has 1 saturated heterocycles. The maximum absolute atomic E-state index is 13.7. The third-order valence-electron chi connectivity index (χ3n) is 5.00. The van der Waals surface area contributed by atoms with E-state index in [1.807, 2.05) is 24.3 Å². The van der Waals surface area contributed by atoms with Crippen LogP contribution < -0.4 is 5.43 Å². The molecule has 1 amide bonds. The van der Waals surface area contributed by atoms with Crippen molar-refractivity contribution in [3.05, 3.63) is 79.8 Å². The molecule has 130 valence electrons. The Morgan fingerprint density at radius 1 is 1.15 bits per heavy atom. The van der Waals surface area contributed by atoms with Gasteiger partial charge >= 0.3 is 0 Å². The summed E-state index contributed by atoms with van der Waals surface area (Å²) in [6.07, 6.45) is 0. The van der Waals surface area contributed by atoms with Crippen molar-refractivity contribution in [3.8, 4) is 0 Å². The smallest absolute Gasteiger partial charge is 0.273 e. The van der Waals surface area contributed by atoms with Gasteiger partial charge in [-0.3, -0.25) is 14.5 Å². The molecule has 5 rings (SSSR count). The van der Waals surface area contributed by atoms with Gasteiger partial charge in [0.25, 0.3) is 5.91 Å². The molecule has 1 atom stereocenters. The van der Waals surface area contributed by atoms with Crippen molar-refractivity contribution < 1.29 is 13.9 Å². The normalized spacial score (nSPS) is 21.3. The number of aromatic nitrogens is 1. The summed E-state index contributed by atoms with van der Waals surface area (Å²) in [5.41, 5.74) is -0.130. The summed E-state index contributed by atoms with van der Waals surface area (Å²) in [5, 5.41) is 0.199. The summed E-state index contributed by atoms with van der Waals surface area (Å²) in [7, 11) is 0. The van der Waals surface area contributed by atoms with E-state index in [0.717, 1.165) is 4.47 Å². The predicted octanol–water partition coefficient (Wildman–Crippen LogP) is 3.12. The number of pyridine rings is 1. The molecule has 5 nitrogen and oxygen atoms in total. The Labute approximate surface area is 155 Å². The van der Waals surface area contributed by atoms with Gasteiger partial charge in [0.2, 0.25) is 5.72 Å². The fourth-order valence-corrected chi connectivity index (χ4v) is 4.17. The van der Waals surface area contributed by atoms with Crippen LogP contribution in [0.1, 0.15) is 21.6 Å². The summed E-state index contributed by atoms with van der Waals surface area (Å²) in [5.74, 6) is -0.794. The highest BCUT2D eigenvalue weighted by Gasteiger charge is 2.57. The van der Waals surface area contributed by atoms with Crippen molar-refractivity contribution in [2.24, 2.45) is 0 Å². The quantitative estimate of drug-likeness (QED) is 0.665. The van der Waals surface area contributed by atoms with Gasteiger partial charge in [0, 0.05) is 22.0 Å². The predicted molar refractivity (Wildman–Crippen MR) is 96.4 cm³/mol. The third kappa shape index (κ3) is 1.87. The summed E-state index contributed by atoms with van der Waals surface area (Å²) in [4.78, 5) is 30.8. The molecule has 3 heterocycles. The maximum Gasteiger partial charge on any atom is 0.273 e. The van der Waals surface area contributed by atoms with Crippen LogP contribution in [0.4, 0.5) is 4.39 Å². The molecule has 2 aliphatic heterocycles. The number of carbonyl (C=O) groups excluding carboxylic acids is 1. The van der Waals surface area contributed by atoms with Gasteiger partial charge in [-0.05, 0) is 30.3 Å². The number of fused-ring (bicyclic) bond motifs is 4. The summed E-state index contributed by atoms with van der Waals surface area (Å²) >= 11 is 3.39. The molecular formula is C19H12BrFN2O3. The highest BCUT2D eigenvalue weighted by molar-refractivity contribution is 9.10. The molecule has 26 heavy (non-hydrogen) atoms. The van der Waals surface area contributed by atoms with E-state index in [4.69, 9.17) is 4.74 Å². The number of nitrogens with one attached hydrogen (secondary N) is 1. The van der Waals surface area contributed by atoms with E-state index in [-0.39, 0.29) is 22.6 Å². The molecule has 3 aromatic rings. The van der Waals surface area contributed by atoms with Gasteiger partial charge < -0.3 is 9.72 Å². The molecule has 1 unspecified atom stereocenters. The second kappa shape index (κ2) is 5.25. The number of halogens is 2. The van der Waals surface area contributed by atoms with E-state index >= 15 is 0 Å². The summed E-state index contributed by atoms with van der Waals surface area (Å²) < 4.78 is 20.6. The van der Waals surface area contributed by atoms with Gasteiger partial charge in [-0.25, -0.2) is 4.39 Å². The Bertz CT molecular complexity index is 1140. The van der Waals surface area contributed by atoms with E-state index in [1.165, 1.54) is 18.2 Å². The van der Waals surface area contributed by atoms with Crippen LogP contribution >= 0.6 is 15.9 Å². The first-order valence-electron chi connectivity index (χ1n) is 8.10. The van der Waals surface area contributed by atoms with Gasteiger partial charge in [-0.15, -0.1) is 0 Å². The van der Waals surface area contributed by atoms with Crippen molar-refractivity contribution >= 4 is 32.7 Å². The number of H-pyrrole nitrogens is 1. The Morgan fingerprint density at radius 2 is 1.92 bits per heavy atom. The zero-order chi connectivity index (χ0) is 18.1. The minimum atomic E-state index is -1.28. The molecule has 2 aromatic carbocycles. The van der Waals surface area contributed by atoms with E-state index in [1.54, 1.807) is 4.90 Å². The number of hydrogen-bond donors (Lipinski definition) is 1. The van der Waals surface area contributed by atoms with Gasteiger partial charge in [-0.2, -0.15) is 0 Å². The van der Waals surface area contributed by atoms with E-state index in [2.05, 4.69) is 20.9 Å². The number of amides is 1. The average molecular weight is 415 g/mol. The lowest BCUT2D eigenvalue weighted by atomic mass is 9.94. The largest absolute Gasteiger partial charge is 0.350 e. The molecule has 0 spiro atoms. The number of rotatable bonds is 1. The molecular weight excluding hydrogens is 403 g/mol. The second-order valence-corrected chi connectivity index (χ2v) is 7.27. The minimum absolute atomic E-state index is 0.199. The van der Waals surface area contributed by atoms with Crippen molar-refractivity contribution in [3.63, 3.8) is 0 Å². The fraction of sp³-hybridized carbons (Fsp3) is 0.158. The molecule has 7 heteroatoms. The van der Waals surface area contributed by atoms with Crippen LogP contribution in [-0.2, 0) is 10.5 Å². The van der Waals surface area contributed by atoms with Gasteiger partial charge in [0.15, 0.2) is 5.43 Å². The SMILES string of the molecule is O=C1c2[nH]c3ccc(F)cc3c(=O)c2C2(c3ccc(Br)cc3)OCCN12. The zero-order valence-corrected chi connectivity index (χ0v) is 15.0. The standard InChI is InChI=1S/C19H12BrFN2O3/c20-11-3-1-10(2-4-11)19-15-16(18(25)23(19)7-8-26-19)22-14-6-5-12(21)9-13(14)17(15)24/h1-6,9H,7-8H2,(H,22,24). The van der Waals surface area contributed by atoms with Crippen LogP contribution in [0.5, 0.6) is 0 Å². The number of carbonyl (C=O) groups is 1. The average Bonchev–Trinajstić information content (AvgIpc) is 3.16. The molecule has 1 N–H and O–H groups in total. The monoisotopic (exact) mass is 414 g/mol. The van der Waals surface area contributed by atoms with Crippen molar-refractivity contribution in [2.45, 2.75) is 5.72 Å². The van der Waals surface area contributed by atoms with Crippen molar-refractivity contribution in [1.82, 2.24) is 9.88 Å². The molecule has 0 radical (unpaired) electrons. The number of ether oxygens (including phenoxy) is 1. The number of hydrogen-bond acceptors (Lipinski definition) is 3. The number of benzene rings is 2. The van der Waals surface area contributed by atoms with Crippen LogP contribution in [0.3, 0.4) is 0 Å². The van der Waals surface area contributed by atoms with E-state index < -0.39 is 17.0 Å². The summed E-state index contributed by atoms with van der Waals surface area (Å²) in [6.45, 7) is 0.698. The van der Waals surface area contributed by atoms with E-state index in [0.29, 0.717) is 24.2 Å². The van der Waals surface area contributed by atoms with Crippen molar-refractivity contribution in [2.75, 3.05) is 13.2 Å². The lowest BCUT2D eigenvalue weighted by Crippen LogP contribution is -2.42. The summed E-state index contributed by atoms with van der Waals surface area (Å²) in [6, 6.07) is 11.2. The minimum Gasteiger partial charge on any atom is -0.350 e. The lowest BCUT2D eigenvalue weighted by molar-refractivity contribution is -0.0309. The van der Waals surface area contributed by atoms with Crippen molar-refractivity contribution in [1.29, 1.82) is 0 Å². The molecule has 0 aliphatic carbocycles. The molecule has 2 aliphatic rings. The lowest BCUT2D eigenvalue weighted by Gasteiger charge is -2.31. The van der Waals surface area contributed by atoms with Gasteiger partial charge in [0.1, 0.15) is 11.5 Å². The van der Waals surface area contributed by atoms with Crippen LogP contribution in [0.15, 0.2) is 51.7 Å². The topological polar surface area (TPSA) is 62.4 Å². The molecule has 1 aromatic heterocycles. The number of aromatic amines is 1. The van der Waals surface area contributed by atoms with E-state index in [9.17, 15) is 14.0 Å². The van der Waals surface area contributed by atoms with Crippen LogP contribution in [-0.4, -0.2) is 28.9 Å².